The number of hydrogen-bond donors (Lipinski definition) is 2. The van der Waals surface area contributed by atoms with Gasteiger partial charge in [-0.25, -0.2) is 4.79 Å². The number of nitrogens with zero attached hydrogens (tertiary/aromatic N) is 2. The highest BCUT2D eigenvalue weighted by Gasteiger charge is 2.28. The molecule has 1 aliphatic rings. The molecule has 2 aromatic rings. The topological polar surface area (TPSA) is 68.2 Å². The summed E-state index contributed by atoms with van der Waals surface area (Å²) in [5, 5.41) is 11.7. The molecule has 0 amide bonds. The highest BCUT2D eigenvalue weighted by molar-refractivity contribution is 7.80. The lowest BCUT2D eigenvalue weighted by Crippen LogP contribution is -2.28. The molecule has 1 unspecified atom stereocenters. The number of thiocarbonyl (C=S) groups is 1. The first-order valence-electron chi connectivity index (χ1n) is 8.23. The lowest BCUT2D eigenvalue weighted by atomic mass is 9.88. The van der Waals surface area contributed by atoms with Gasteiger partial charge < -0.3 is 15.4 Å². The van der Waals surface area contributed by atoms with Gasteiger partial charge in [0.15, 0.2) is 5.11 Å². The molecular formula is C17H22N4O2S2. The van der Waals surface area contributed by atoms with Gasteiger partial charge in [-0.15, -0.1) is 11.3 Å². The molecule has 25 heavy (non-hydrogen) atoms. The van der Waals surface area contributed by atoms with Gasteiger partial charge in [-0.05, 0) is 43.0 Å². The molecular weight excluding hydrogens is 356 g/mol. The average molecular weight is 379 g/mol. The first kappa shape index (κ1) is 17.9. The van der Waals surface area contributed by atoms with E-state index < -0.39 is 0 Å². The molecule has 0 spiro atoms. The number of esters is 1. The van der Waals surface area contributed by atoms with Crippen molar-refractivity contribution in [3.63, 3.8) is 0 Å². The molecule has 1 atom stereocenters. The van der Waals surface area contributed by atoms with Crippen LogP contribution in [0.3, 0.4) is 0 Å². The quantitative estimate of drug-likeness (QED) is 0.630. The van der Waals surface area contributed by atoms with Crippen molar-refractivity contribution in [2.24, 2.45) is 13.0 Å². The number of aromatic nitrogens is 2. The summed E-state index contributed by atoms with van der Waals surface area (Å²) in [6.45, 7) is 2.82. The third-order valence-electron chi connectivity index (χ3n) is 4.34. The lowest BCUT2D eigenvalue weighted by molar-refractivity contribution is 0.0601. The standard InChI is InChI=1S/C17H22N4O2S2/c1-10-4-5-12-13(6-10)25-15(14(12)16(22)23-3)20-17(24)18-7-11-8-19-21(2)9-11/h8-10H,4-7H2,1-3H3,(H2,18,20,24). The Morgan fingerprint density at radius 1 is 1.56 bits per heavy atom. The number of thiophene rings is 1. The van der Waals surface area contributed by atoms with Gasteiger partial charge in [0.05, 0.1) is 18.9 Å². The van der Waals surface area contributed by atoms with Crippen LogP contribution in [0.1, 0.15) is 39.7 Å². The van der Waals surface area contributed by atoms with E-state index in [9.17, 15) is 4.79 Å². The maximum Gasteiger partial charge on any atom is 0.341 e. The summed E-state index contributed by atoms with van der Waals surface area (Å²) in [6, 6.07) is 0. The van der Waals surface area contributed by atoms with E-state index in [1.54, 1.807) is 22.2 Å². The molecule has 0 saturated heterocycles. The van der Waals surface area contributed by atoms with Crippen molar-refractivity contribution < 1.29 is 9.53 Å². The normalized spacial score (nSPS) is 16.2. The molecule has 134 valence electrons. The Hall–Kier alpha value is -1.93. The smallest absolute Gasteiger partial charge is 0.341 e. The zero-order valence-corrected chi connectivity index (χ0v) is 16.2. The second kappa shape index (κ2) is 7.53. The zero-order chi connectivity index (χ0) is 18.0. The summed E-state index contributed by atoms with van der Waals surface area (Å²) in [4.78, 5) is 13.5. The first-order valence-corrected chi connectivity index (χ1v) is 9.45. The summed E-state index contributed by atoms with van der Waals surface area (Å²) in [7, 11) is 3.29. The highest BCUT2D eigenvalue weighted by Crippen LogP contribution is 2.39. The molecule has 0 aliphatic heterocycles. The van der Waals surface area contributed by atoms with Gasteiger partial charge in [-0.3, -0.25) is 4.68 Å². The number of aryl methyl sites for hydroxylation is 1. The molecule has 8 heteroatoms. The van der Waals surface area contributed by atoms with Crippen molar-refractivity contribution >= 4 is 39.6 Å². The molecule has 2 aromatic heterocycles. The Bertz CT molecular complexity index is 797. The van der Waals surface area contributed by atoms with Crippen LogP contribution in [0, 0.1) is 5.92 Å². The van der Waals surface area contributed by atoms with Crippen molar-refractivity contribution in [2.75, 3.05) is 12.4 Å². The SMILES string of the molecule is COC(=O)c1c(NC(=S)NCc2cnn(C)c2)sc2c1CCC(C)C2. The molecule has 0 fully saturated rings. The Morgan fingerprint density at radius 3 is 3.04 bits per heavy atom. The Morgan fingerprint density at radius 2 is 2.36 bits per heavy atom. The Kier molecular flexibility index (Phi) is 5.39. The fraction of sp³-hybridized carbons (Fsp3) is 0.471. The zero-order valence-electron chi connectivity index (χ0n) is 14.6. The van der Waals surface area contributed by atoms with Crippen LogP contribution in [0.4, 0.5) is 5.00 Å². The molecule has 2 heterocycles. The van der Waals surface area contributed by atoms with Gasteiger partial charge in [0, 0.05) is 30.2 Å². The van der Waals surface area contributed by atoms with Crippen LogP contribution in [0.5, 0.6) is 0 Å². The minimum absolute atomic E-state index is 0.301. The third kappa shape index (κ3) is 4.01. The molecule has 0 bridgehead atoms. The number of carbonyl (C=O) groups is 1. The minimum atomic E-state index is -0.301. The van der Waals surface area contributed by atoms with Crippen molar-refractivity contribution in [2.45, 2.75) is 32.7 Å². The van der Waals surface area contributed by atoms with Crippen LogP contribution in [0.15, 0.2) is 12.4 Å². The summed E-state index contributed by atoms with van der Waals surface area (Å²) >= 11 is 7.00. The maximum atomic E-state index is 12.3. The van der Waals surface area contributed by atoms with Gasteiger partial charge in [0.2, 0.25) is 0 Å². The van der Waals surface area contributed by atoms with E-state index in [0.29, 0.717) is 23.1 Å². The average Bonchev–Trinajstić information content (AvgIpc) is 3.14. The van der Waals surface area contributed by atoms with Crippen LogP contribution >= 0.6 is 23.6 Å². The summed E-state index contributed by atoms with van der Waals surface area (Å²) in [5.74, 6) is 0.338. The van der Waals surface area contributed by atoms with E-state index in [2.05, 4.69) is 22.7 Å². The van der Waals surface area contributed by atoms with Crippen molar-refractivity contribution in [1.29, 1.82) is 0 Å². The molecule has 1 aliphatic carbocycles. The van der Waals surface area contributed by atoms with Gasteiger partial charge in [-0.2, -0.15) is 5.10 Å². The van der Waals surface area contributed by atoms with E-state index in [1.807, 2.05) is 13.2 Å². The molecule has 0 aromatic carbocycles. The fourth-order valence-electron chi connectivity index (χ4n) is 3.05. The lowest BCUT2D eigenvalue weighted by Gasteiger charge is -2.18. The van der Waals surface area contributed by atoms with Gasteiger partial charge in [0.1, 0.15) is 5.00 Å². The maximum absolute atomic E-state index is 12.3. The van der Waals surface area contributed by atoms with E-state index in [4.69, 9.17) is 17.0 Å². The molecule has 2 N–H and O–H groups in total. The van der Waals surface area contributed by atoms with E-state index in [-0.39, 0.29) is 5.97 Å². The first-order chi connectivity index (χ1) is 12.0. The van der Waals surface area contributed by atoms with Gasteiger partial charge >= 0.3 is 5.97 Å². The number of fused-ring (bicyclic) bond motifs is 1. The molecule has 0 radical (unpaired) electrons. The molecule has 3 rings (SSSR count). The Labute approximate surface area is 156 Å². The largest absolute Gasteiger partial charge is 0.465 e. The van der Waals surface area contributed by atoms with Gasteiger partial charge in [0.25, 0.3) is 0 Å². The minimum Gasteiger partial charge on any atom is -0.465 e. The fourth-order valence-corrected chi connectivity index (χ4v) is 4.69. The number of anilines is 1. The predicted octanol–water partition coefficient (Wildman–Crippen LogP) is 2.88. The van der Waals surface area contributed by atoms with Crippen LogP contribution < -0.4 is 10.6 Å². The van der Waals surface area contributed by atoms with E-state index >= 15 is 0 Å². The number of carbonyl (C=O) groups excluding carboxylic acids is 1. The third-order valence-corrected chi connectivity index (χ3v) is 5.76. The van der Waals surface area contributed by atoms with Crippen LogP contribution in [-0.2, 0) is 31.2 Å². The number of rotatable bonds is 4. The van der Waals surface area contributed by atoms with Crippen LogP contribution in [0.25, 0.3) is 0 Å². The summed E-state index contributed by atoms with van der Waals surface area (Å²) in [5.41, 5.74) is 2.80. The molecule has 0 saturated carbocycles. The van der Waals surface area contributed by atoms with Crippen LogP contribution in [0.2, 0.25) is 0 Å². The monoisotopic (exact) mass is 378 g/mol. The van der Waals surface area contributed by atoms with Crippen molar-refractivity contribution in [3.8, 4) is 0 Å². The summed E-state index contributed by atoms with van der Waals surface area (Å²) < 4.78 is 6.74. The van der Waals surface area contributed by atoms with Gasteiger partial charge in [-0.1, -0.05) is 6.92 Å². The highest BCUT2D eigenvalue weighted by atomic mass is 32.1. The number of nitrogens with one attached hydrogen (secondary N) is 2. The summed E-state index contributed by atoms with van der Waals surface area (Å²) in [6.07, 6.45) is 6.73. The van der Waals surface area contributed by atoms with Crippen LogP contribution in [-0.4, -0.2) is 28.0 Å². The Balaban J connectivity index is 1.74. The van der Waals surface area contributed by atoms with E-state index in [0.717, 1.165) is 35.4 Å². The molecule has 6 nitrogen and oxygen atoms in total. The number of hydrogen-bond acceptors (Lipinski definition) is 5. The van der Waals surface area contributed by atoms with Crippen molar-refractivity contribution in [3.05, 3.63) is 34.0 Å². The second-order valence-electron chi connectivity index (χ2n) is 6.38. The second-order valence-corrected chi connectivity index (χ2v) is 7.89. The van der Waals surface area contributed by atoms with Crippen molar-refractivity contribution in [1.82, 2.24) is 15.1 Å². The van der Waals surface area contributed by atoms with E-state index in [1.165, 1.54) is 12.0 Å². The number of methoxy groups -OCH3 is 1. The predicted molar refractivity (Wildman–Crippen MR) is 103 cm³/mol. The number of ether oxygens (including phenoxy) is 1.